The first-order chi connectivity index (χ1) is 13.9. The van der Waals surface area contributed by atoms with Crippen molar-refractivity contribution in [2.75, 3.05) is 16.8 Å². The molecule has 1 saturated heterocycles. The first-order valence-electron chi connectivity index (χ1n) is 9.54. The highest BCUT2D eigenvalue weighted by Gasteiger charge is 2.37. The number of aryl methyl sites for hydroxylation is 1. The van der Waals surface area contributed by atoms with Crippen molar-refractivity contribution in [1.82, 2.24) is 0 Å². The number of hydrogen-bond acceptors (Lipinski definition) is 4. The maximum absolute atomic E-state index is 12.5. The zero-order valence-corrected chi connectivity index (χ0v) is 17.1. The maximum Gasteiger partial charge on any atom is 0.312 e. The van der Waals surface area contributed by atoms with Gasteiger partial charge < -0.3 is 15.0 Å². The summed E-state index contributed by atoms with van der Waals surface area (Å²) in [5.41, 5.74) is 2.38. The Morgan fingerprint density at radius 1 is 1.24 bits per heavy atom. The Labute approximate surface area is 174 Å². The summed E-state index contributed by atoms with van der Waals surface area (Å²) in [5, 5.41) is 3.15. The number of hydrogen-bond donors (Lipinski definition) is 1. The largest absolute Gasteiger partial charge is 0.452 e. The van der Waals surface area contributed by atoms with E-state index < -0.39 is 23.9 Å². The smallest absolute Gasteiger partial charge is 0.312 e. The highest BCUT2D eigenvalue weighted by Crippen LogP contribution is 2.29. The number of anilines is 2. The van der Waals surface area contributed by atoms with Gasteiger partial charge >= 0.3 is 5.97 Å². The van der Waals surface area contributed by atoms with E-state index in [1.54, 1.807) is 29.2 Å². The monoisotopic (exact) mass is 414 g/mol. The molecule has 2 aromatic rings. The summed E-state index contributed by atoms with van der Waals surface area (Å²) in [7, 11) is 0. The summed E-state index contributed by atoms with van der Waals surface area (Å²) < 4.78 is 5.32. The third-order valence-corrected chi connectivity index (χ3v) is 5.11. The van der Waals surface area contributed by atoms with E-state index in [1.807, 2.05) is 31.2 Å². The van der Waals surface area contributed by atoms with E-state index in [4.69, 9.17) is 16.3 Å². The Morgan fingerprint density at radius 3 is 2.72 bits per heavy atom. The SMILES string of the molecule is CCc1ccccc1N1C[C@H](C(=O)O[C@H](C)C(=O)Nc2cccc(Cl)c2)CC1=O. The van der Waals surface area contributed by atoms with Crippen molar-refractivity contribution in [3.63, 3.8) is 0 Å². The van der Waals surface area contributed by atoms with Crippen LogP contribution in [-0.4, -0.2) is 30.4 Å². The summed E-state index contributed by atoms with van der Waals surface area (Å²) in [6.45, 7) is 3.77. The molecule has 0 aliphatic carbocycles. The zero-order chi connectivity index (χ0) is 21.0. The van der Waals surface area contributed by atoms with Crippen molar-refractivity contribution < 1.29 is 19.1 Å². The molecule has 0 saturated carbocycles. The predicted octanol–water partition coefficient (Wildman–Crippen LogP) is 3.83. The number of carbonyl (C=O) groups excluding carboxylic acids is 3. The van der Waals surface area contributed by atoms with Crippen LogP contribution in [0.2, 0.25) is 5.02 Å². The number of amides is 2. The molecule has 7 heteroatoms. The normalized spacial score (nSPS) is 17.1. The molecule has 0 spiro atoms. The number of esters is 1. The first-order valence-corrected chi connectivity index (χ1v) is 9.92. The van der Waals surface area contributed by atoms with Gasteiger partial charge in [-0.25, -0.2) is 0 Å². The molecule has 2 amide bonds. The van der Waals surface area contributed by atoms with Gasteiger partial charge in [-0.2, -0.15) is 0 Å². The average Bonchev–Trinajstić information content (AvgIpc) is 3.09. The highest BCUT2D eigenvalue weighted by atomic mass is 35.5. The molecule has 0 aromatic heterocycles. The molecular weight excluding hydrogens is 392 g/mol. The standard InChI is InChI=1S/C22H23ClN2O4/c1-3-15-7-4-5-10-19(15)25-13-16(11-20(25)26)22(28)29-14(2)21(27)24-18-9-6-8-17(23)12-18/h4-10,12,14,16H,3,11,13H2,1-2H3,(H,24,27)/t14-,16-/m1/s1. The molecule has 1 heterocycles. The van der Waals surface area contributed by atoms with E-state index in [0.29, 0.717) is 10.7 Å². The lowest BCUT2D eigenvalue weighted by Crippen LogP contribution is -2.33. The van der Waals surface area contributed by atoms with Crippen molar-refractivity contribution in [1.29, 1.82) is 0 Å². The van der Waals surface area contributed by atoms with Crippen LogP contribution in [0.25, 0.3) is 0 Å². The summed E-state index contributed by atoms with van der Waals surface area (Å²) in [6, 6.07) is 14.3. The Morgan fingerprint density at radius 2 is 2.00 bits per heavy atom. The van der Waals surface area contributed by atoms with Gasteiger partial charge in [-0.15, -0.1) is 0 Å². The maximum atomic E-state index is 12.5. The Kier molecular flexibility index (Phi) is 6.54. The molecule has 1 fully saturated rings. The lowest BCUT2D eigenvalue weighted by atomic mass is 10.1. The second-order valence-corrected chi connectivity index (χ2v) is 7.40. The van der Waals surface area contributed by atoms with Crippen LogP contribution in [0.1, 0.15) is 25.8 Å². The van der Waals surface area contributed by atoms with E-state index in [-0.39, 0.29) is 18.9 Å². The number of nitrogens with zero attached hydrogens (tertiary/aromatic N) is 1. The number of carbonyl (C=O) groups is 3. The van der Waals surface area contributed by atoms with E-state index in [1.165, 1.54) is 6.92 Å². The minimum atomic E-state index is -0.992. The van der Waals surface area contributed by atoms with Crippen LogP contribution in [0.3, 0.4) is 0 Å². The van der Waals surface area contributed by atoms with Crippen molar-refractivity contribution in [2.45, 2.75) is 32.8 Å². The van der Waals surface area contributed by atoms with Gasteiger partial charge in [0.05, 0.1) is 5.92 Å². The minimum Gasteiger partial charge on any atom is -0.452 e. The molecule has 0 bridgehead atoms. The molecule has 1 aliphatic rings. The van der Waals surface area contributed by atoms with Gasteiger partial charge in [0.15, 0.2) is 6.10 Å². The van der Waals surface area contributed by atoms with E-state index in [9.17, 15) is 14.4 Å². The van der Waals surface area contributed by atoms with Crippen LogP contribution in [0.4, 0.5) is 11.4 Å². The summed E-state index contributed by atoms with van der Waals surface area (Å²) in [6.07, 6.45) is -0.136. The first kappa shape index (κ1) is 20.9. The van der Waals surface area contributed by atoms with Crippen molar-refractivity contribution in [2.24, 2.45) is 5.92 Å². The summed E-state index contributed by atoms with van der Waals surface area (Å²) in [5.74, 6) is -1.74. The van der Waals surface area contributed by atoms with Crippen LogP contribution in [0.5, 0.6) is 0 Å². The molecule has 29 heavy (non-hydrogen) atoms. The van der Waals surface area contributed by atoms with Gasteiger partial charge in [-0.1, -0.05) is 42.8 Å². The van der Waals surface area contributed by atoms with Crippen molar-refractivity contribution >= 4 is 40.8 Å². The van der Waals surface area contributed by atoms with Gasteiger partial charge in [-0.3, -0.25) is 14.4 Å². The number of halogens is 1. The van der Waals surface area contributed by atoms with E-state index in [2.05, 4.69) is 5.32 Å². The highest BCUT2D eigenvalue weighted by molar-refractivity contribution is 6.30. The third-order valence-electron chi connectivity index (χ3n) is 4.88. The molecule has 3 rings (SSSR count). The fraction of sp³-hybridized carbons (Fsp3) is 0.318. The summed E-state index contributed by atoms with van der Waals surface area (Å²) >= 11 is 5.90. The molecule has 0 radical (unpaired) electrons. The molecule has 152 valence electrons. The molecule has 6 nitrogen and oxygen atoms in total. The second-order valence-electron chi connectivity index (χ2n) is 6.97. The number of rotatable bonds is 6. The molecule has 2 aromatic carbocycles. The molecular formula is C22H23ClN2O4. The van der Waals surface area contributed by atoms with Gasteiger partial charge in [0.25, 0.3) is 5.91 Å². The fourth-order valence-electron chi connectivity index (χ4n) is 3.31. The van der Waals surface area contributed by atoms with Crippen molar-refractivity contribution in [3.8, 4) is 0 Å². The number of ether oxygens (including phenoxy) is 1. The Balaban J connectivity index is 1.60. The molecule has 1 aliphatic heterocycles. The lowest BCUT2D eigenvalue weighted by Gasteiger charge is -2.20. The topological polar surface area (TPSA) is 75.7 Å². The van der Waals surface area contributed by atoms with Gasteiger partial charge in [0, 0.05) is 29.4 Å². The van der Waals surface area contributed by atoms with Crippen LogP contribution < -0.4 is 10.2 Å². The number of benzene rings is 2. The number of para-hydroxylation sites is 1. The van der Waals surface area contributed by atoms with E-state index in [0.717, 1.165) is 17.7 Å². The van der Waals surface area contributed by atoms with Gasteiger partial charge in [-0.05, 0) is 43.2 Å². The second kappa shape index (κ2) is 9.09. The van der Waals surface area contributed by atoms with Crippen LogP contribution in [0, 0.1) is 5.92 Å². The average molecular weight is 415 g/mol. The lowest BCUT2D eigenvalue weighted by molar-refractivity contribution is -0.157. The van der Waals surface area contributed by atoms with Crippen LogP contribution in [0.15, 0.2) is 48.5 Å². The van der Waals surface area contributed by atoms with Gasteiger partial charge in [0.1, 0.15) is 0 Å². The zero-order valence-electron chi connectivity index (χ0n) is 16.4. The molecule has 0 unspecified atom stereocenters. The van der Waals surface area contributed by atoms with Crippen LogP contribution in [-0.2, 0) is 25.5 Å². The Hall–Kier alpha value is -2.86. The van der Waals surface area contributed by atoms with Gasteiger partial charge in [0.2, 0.25) is 5.91 Å². The molecule has 2 atom stereocenters. The summed E-state index contributed by atoms with van der Waals surface area (Å²) in [4.78, 5) is 38.9. The Bertz CT molecular complexity index is 931. The predicted molar refractivity (Wildman–Crippen MR) is 112 cm³/mol. The van der Waals surface area contributed by atoms with Crippen LogP contribution >= 0.6 is 11.6 Å². The third kappa shape index (κ3) is 4.95. The fourth-order valence-corrected chi connectivity index (χ4v) is 3.50. The molecule has 1 N–H and O–H groups in total. The quantitative estimate of drug-likeness (QED) is 0.729. The van der Waals surface area contributed by atoms with Crippen molar-refractivity contribution in [3.05, 3.63) is 59.1 Å². The number of nitrogens with one attached hydrogen (secondary N) is 1. The van der Waals surface area contributed by atoms with E-state index >= 15 is 0 Å². The minimum absolute atomic E-state index is 0.0690.